The number of hydrogen-bond acceptors (Lipinski definition) is 5. The number of halogens is 1. The van der Waals surface area contributed by atoms with Gasteiger partial charge in [-0.2, -0.15) is 0 Å². The number of benzene rings is 2. The molecule has 2 aromatic rings. The van der Waals surface area contributed by atoms with Gasteiger partial charge in [-0.1, -0.05) is 41.4 Å². The van der Waals surface area contributed by atoms with E-state index in [0.29, 0.717) is 12.8 Å². The van der Waals surface area contributed by atoms with E-state index >= 15 is 0 Å². The van der Waals surface area contributed by atoms with Gasteiger partial charge in [0.05, 0.1) is 17.1 Å². The van der Waals surface area contributed by atoms with Crippen molar-refractivity contribution in [2.75, 3.05) is 27.2 Å². The number of aryl methyl sites for hydroxylation is 2. The van der Waals surface area contributed by atoms with E-state index in [-0.39, 0.29) is 34.5 Å². The molecular formula is C21H25ClN2O5S. The lowest BCUT2D eigenvalue weighted by atomic mass is 10.1. The molecule has 0 atom stereocenters. The summed E-state index contributed by atoms with van der Waals surface area (Å²) in [6.45, 7) is 2.13. The minimum Gasteiger partial charge on any atom is -0.460 e. The average Bonchev–Trinajstić information content (AvgIpc) is 2.70. The van der Waals surface area contributed by atoms with Gasteiger partial charge in [0, 0.05) is 20.5 Å². The van der Waals surface area contributed by atoms with E-state index in [1.807, 2.05) is 31.2 Å². The summed E-state index contributed by atoms with van der Waals surface area (Å²) in [6.07, 6.45) is 0.958. The molecule has 0 aromatic heterocycles. The summed E-state index contributed by atoms with van der Waals surface area (Å²) >= 11 is 5.97. The molecule has 7 nitrogen and oxygen atoms in total. The number of nitrogens with zero attached hydrogens (tertiary/aromatic N) is 1. The van der Waals surface area contributed by atoms with Crippen molar-refractivity contribution in [1.82, 2.24) is 9.62 Å². The molecule has 0 unspecified atom stereocenters. The van der Waals surface area contributed by atoms with Crippen molar-refractivity contribution < 1.29 is 22.7 Å². The van der Waals surface area contributed by atoms with Crippen molar-refractivity contribution >= 4 is 33.5 Å². The number of ether oxygens (including phenoxy) is 1. The molecule has 0 heterocycles. The molecular weight excluding hydrogens is 428 g/mol. The lowest BCUT2D eigenvalue weighted by Crippen LogP contribution is -2.28. The molecule has 0 fully saturated rings. The van der Waals surface area contributed by atoms with Gasteiger partial charge in [0.25, 0.3) is 0 Å². The van der Waals surface area contributed by atoms with Crippen LogP contribution in [-0.2, 0) is 26.0 Å². The maximum Gasteiger partial charge on any atom is 0.338 e. The monoisotopic (exact) mass is 452 g/mol. The van der Waals surface area contributed by atoms with E-state index in [1.165, 1.54) is 32.3 Å². The van der Waals surface area contributed by atoms with Gasteiger partial charge in [-0.25, -0.2) is 17.5 Å². The van der Waals surface area contributed by atoms with Crippen LogP contribution in [0.2, 0.25) is 5.02 Å². The Morgan fingerprint density at radius 1 is 1.10 bits per heavy atom. The molecule has 0 aliphatic heterocycles. The Hall–Kier alpha value is -2.42. The quantitative estimate of drug-likeness (QED) is 0.466. The van der Waals surface area contributed by atoms with Gasteiger partial charge >= 0.3 is 5.97 Å². The largest absolute Gasteiger partial charge is 0.460 e. The Morgan fingerprint density at radius 3 is 2.40 bits per heavy atom. The fraction of sp³-hybridized carbons (Fsp3) is 0.333. The summed E-state index contributed by atoms with van der Waals surface area (Å²) in [5, 5.41) is 2.71. The van der Waals surface area contributed by atoms with Crippen LogP contribution in [0.4, 0.5) is 0 Å². The topological polar surface area (TPSA) is 92.8 Å². The zero-order valence-corrected chi connectivity index (χ0v) is 18.7. The van der Waals surface area contributed by atoms with Crippen LogP contribution in [-0.4, -0.2) is 51.8 Å². The number of hydrogen-bond donors (Lipinski definition) is 1. The van der Waals surface area contributed by atoms with Gasteiger partial charge < -0.3 is 10.1 Å². The first-order valence-corrected chi connectivity index (χ1v) is 11.1. The van der Waals surface area contributed by atoms with Crippen molar-refractivity contribution in [3.05, 3.63) is 64.2 Å². The number of amides is 1. The summed E-state index contributed by atoms with van der Waals surface area (Å²) in [7, 11) is -1.05. The fourth-order valence-electron chi connectivity index (χ4n) is 2.54. The normalized spacial score (nSPS) is 11.4. The summed E-state index contributed by atoms with van der Waals surface area (Å²) < 4.78 is 30.7. The number of carbonyl (C=O) groups excluding carboxylic acids is 2. The van der Waals surface area contributed by atoms with Crippen molar-refractivity contribution in [3.8, 4) is 0 Å². The van der Waals surface area contributed by atoms with Crippen molar-refractivity contribution in [2.45, 2.75) is 24.7 Å². The summed E-state index contributed by atoms with van der Waals surface area (Å²) in [5.74, 6) is -0.840. The molecule has 162 valence electrons. The Morgan fingerprint density at radius 2 is 1.77 bits per heavy atom. The molecule has 1 N–H and O–H groups in total. The highest BCUT2D eigenvalue weighted by molar-refractivity contribution is 7.89. The van der Waals surface area contributed by atoms with E-state index < -0.39 is 16.0 Å². The van der Waals surface area contributed by atoms with Crippen molar-refractivity contribution in [2.24, 2.45) is 0 Å². The standard InChI is InChI=1S/C21H25ClN2O5S/c1-15-4-6-16(7-5-15)8-11-20(25)23-12-13-29-21(26)17-9-10-18(22)19(14-17)30(27,28)24(2)3/h4-7,9-10,14H,8,11-13H2,1-3H3,(H,23,25). The van der Waals surface area contributed by atoms with Crippen LogP contribution in [0.5, 0.6) is 0 Å². The zero-order chi connectivity index (χ0) is 22.3. The Labute approximate surface area is 182 Å². The maximum atomic E-state index is 12.3. The highest BCUT2D eigenvalue weighted by atomic mass is 35.5. The van der Waals surface area contributed by atoms with Gasteiger partial charge in [0.15, 0.2) is 0 Å². The van der Waals surface area contributed by atoms with E-state index in [1.54, 1.807) is 0 Å². The molecule has 2 rings (SSSR count). The van der Waals surface area contributed by atoms with Crippen molar-refractivity contribution in [3.63, 3.8) is 0 Å². The molecule has 0 spiro atoms. The molecule has 0 radical (unpaired) electrons. The van der Waals surface area contributed by atoms with Crippen LogP contribution < -0.4 is 5.32 Å². The molecule has 0 bridgehead atoms. The third-order valence-electron chi connectivity index (χ3n) is 4.34. The maximum absolute atomic E-state index is 12.3. The van der Waals surface area contributed by atoms with Crippen LogP contribution in [0.1, 0.15) is 27.9 Å². The molecule has 0 saturated carbocycles. The molecule has 30 heavy (non-hydrogen) atoms. The second-order valence-corrected chi connectivity index (χ2v) is 9.43. The highest BCUT2D eigenvalue weighted by Crippen LogP contribution is 2.25. The van der Waals surface area contributed by atoms with E-state index in [9.17, 15) is 18.0 Å². The molecule has 0 saturated heterocycles. The van der Waals surface area contributed by atoms with Crippen LogP contribution >= 0.6 is 11.6 Å². The van der Waals surface area contributed by atoms with Gasteiger partial charge in [0.2, 0.25) is 15.9 Å². The summed E-state index contributed by atoms with van der Waals surface area (Å²) in [4.78, 5) is 23.9. The number of rotatable bonds is 9. The second kappa shape index (κ2) is 10.6. The van der Waals surface area contributed by atoms with Crippen molar-refractivity contribution in [1.29, 1.82) is 0 Å². The van der Waals surface area contributed by atoms with E-state index in [4.69, 9.17) is 16.3 Å². The molecule has 0 aliphatic carbocycles. The minimum atomic E-state index is -3.80. The first-order chi connectivity index (χ1) is 14.1. The number of nitrogens with one attached hydrogen (secondary N) is 1. The third kappa shape index (κ3) is 6.55. The Balaban J connectivity index is 1.82. The van der Waals surface area contributed by atoms with Crippen LogP contribution in [0.25, 0.3) is 0 Å². The van der Waals surface area contributed by atoms with Gasteiger partial charge in [0.1, 0.15) is 11.5 Å². The first-order valence-electron chi connectivity index (χ1n) is 9.32. The lowest BCUT2D eigenvalue weighted by molar-refractivity contribution is -0.121. The minimum absolute atomic E-state index is 0.0149. The average molecular weight is 453 g/mol. The second-order valence-electron chi connectivity index (χ2n) is 6.90. The molecule has 9 heteroatoms. The van der Waals surface area contributed by atoms with Crippen LogP contribution in [0.3, 0.4) is 0 Å². The summed E-state index contributed by atoms with van der Waals surface area (Å²) in [6, 6.07) is 11.9. The third-order valence-corrected chi connectivity index (χ3v) is 6.64. The number of carbonyl (C=O) groups is 2. The van der Waals surface area contributed by atoms with E-state index in [2.05, 4.69) is 5.32 Å². The summed E-state index contributed by atoms with van der Waals surface area (Å²) in [5.41, 5.74) is 2.30. The van der Waals surface area contributed by atoms with Gasteiger partial charge in [-0.3, -0.25) is 4.79 Å². The van der Waals surface area contributed by atoms with Gasteiger partial charge in [-0.05, 0) is 37.1 Å². The first kappa shape index (κ1) is 23.9. The molecule has 0 aliphatic rings. The predicted molar refractivity (Wildman–Crippen MR) is 115 cm³/mol. The number of sulfonamides is 1. The smallest absolute Gasteiger partial charge is 0.338 e. The van der Waals surface area contributed by atoms with Crippen LogP contribution in [0.15, 0.2) is 47.4 Å². The predicted octanol–water partition coefficient (Wildman–Crippen LogP) is 2.80. The lowest BCUT2D eigenvalue weighted by Gasteiger charge is -2.13. The van der Waals surface area contributed by atoms with E-state index in [0.717, 1.165) is 15.4 Å². The molecule has 1 amide bonds. The number of esters is 1. The zero-order valence-electron chi connectivity index (χ0n) is 17.1. The highest BCUT2D eigenvalue weighted by Gasteiger charge is 2.22. The Bertz CT molecular complexity index is 1000. The van der Waals surface area contributed by atoms with Crippen LogP contribution in [0, 0.1) is 6.92 Å². The Kier molecular flexibility index (Phi) is 8.40. The molecule has 2 aromatic carbocycles. The fourth-order valence-corrected chi connectivity index (χ4v) is 3.94. The SMILES string of the molecule is Cc1ccc(CCC(=O)NCCOC(=O)c2ccc(Cl)c(S(=O)(=O)N(C)C)c2)cc1. The van der Waals surface area contributed by atoms with Gasteiger partial charge in [-0.15, -0.1) is 0 Å².